The highest BCUT2D eigenvalue weighted by molar-refractivity contribution is 8.00. The molecular formula is C27H25Cl2N3O2S. The summed E-state index contributed by atoms with van der Waals surface area (Å²) in [6, 6.07) is 18.7. The summed E-state index contributed by atoms with van der Waals surface area (Å²) >= 11 is 13.6. The van der Waals surface area contributed by atoms with Gasteiger partial charge in [-0.2, -0.15) is 0 Å². The molecule has 0 aliphatic rings. The van der Waals surface area contributed by atoms with E-state index in [9.17, 15) is 9.59 Å². The number of hydrogen-bond acceptors (Lipinski definition) is 3. The Morgan fingerprint density at radius 1 is 1.00 bits per heavy atom. The van der Waals surface area contributed by atoms with Gasteiger partial charge in [0.25, 0.3) is 5.91 Å². The van der Waals surface area contributed by atoms with Crippen molar-refractivity contribution < 1.29 is 9.59 Å². The number of fused-ring (bicyclic) bond motifs is 1. The molecule has 3 aromatic carbocycles. The average molecular weight is 526 g/mol. The lowest BCUT2D eigenvalue weighted by atomic mass is 10.1. The highest BCUT2D eigenvalue weighted by Crippen LogP contribution is 2.30. The Kier molecular flexibility index (Phi) is 8.06. The van der Waals surface area contributed by atoms with Crippen LogP contribution in [0.1, 0.15) is 21.5 Å². The first-order valence-electron chi connectivity index (χ1n) is 11.1. The molecule has 1 heterocycles. The molecule has 0 aliphatic heterocycles. The molecule has 0 fully saturated rings. The van der Waals surface area contributed by atoms with Gasteiger partial charge in [-0.1, -0.05) is 53.5 Å². The summed E-state index contributed by atoms with van der Waals surface area (Å²) in [6.45, 7) is 5.03. The van der Waals surface area contributed by atoms with Gasteiger partial charge in [0.05, 0.1) is 16.3 Å². The molecule has 2 amide bonds. The largest absolute Gasteiger partial charge is 0.350 e. The second-order valence-electron chi connectivity index (χ2n) is 8.17. The number of halogens is 2. The first-order valence-corrected chi connectivity index (χ1v) is 12.9. The van der Waals surface area contributed by atoms with Crippen LogP contribution in [-0.4, -0.2) is 28.7 Å². The van der Waals surface area contributed by atoms with Gasteiger partial charge in [0.2, 0.25) is 5.91 Å². The fourth-order valence-corrected chi connectivity index (χ4v) is 5.17. The quantitative estimate of drug-likeness (QED) is 0.251. The second-order valence-corrected chi connectivity index (χ2v) is 10.0. The predicted octanol–water partition coefficient (Wildman–Crippen LogP) is 6.73. The number of rotatable bonds is 8. The maximum atomic E-state index is 12.6. The predicted molar refractivity (Wildman–Crippen MR) is 146 cm³/mol. The van der Waals surface area contributed by atoms with E-state index in [2.05, 4.69) is 15.2 Å². The van der Waals surface area contributed by atoms with Crippen molar-refractivity contribution in [1.82, 2.24) is 9.88 Å². The molecule has 4 rings (SSSR count). The molecule has 8 heteroatoms. The number of para-hydroxylation sites is 1. The van der Waals surface area contributed by atoms with E-state index in [0.717, 1.165) is 32.6 Å². The lowest BCUT2D eigenvalue weighted by Crippen LogP contribution is -2.27. The first-order chi connectivity index (χ1) is 16.8. The lowest BCUT2D eigenvalue weighted by molar-refractivity contribution is -0.113. The third kappa shape index (κ3) is 6.01. The van der Waals surface area contributed by atoms with Gasteiger partial charge in [-0.15, -0.1) is 11.8 Å². The Morgan fingerprint density at radius 3 is 2.60 bits per heavy atom. The number of aryl methyl sites for hydroxylation is 1. The van der Waals surface area contributed by atoms with Crippen molar-refractivity contribution in [3.05, 3.63) is 93.6 Å². The van der Waals surface area contributed by atoms with Crippen LogP contribution in [0.25, 0.3) is 10.9 Å². The number of carbonyl (C=O) groups is 2. The number of benzene rings is 3. The molecule has 1 aromatic heterocycles. The zero-order chi connectivity index (χ0) is 24.9. The van der Waals surface area contributed by atoms with E-state index in [0.29, 0.717) is 34.5 Å². The number of carbonyl (C=O) groups excluding carboxylic acids is 2. The SMILES string of the molecule is Cc1cccc(NC(=O)CSc2cn(CCNC(=O)c3ccc(Cl)cc3Cl)c3ccccc23)c1C. The molecule has 0 radical (unpaired) electrons. The third-order valence-electron chi connectivity index (χ3n) is 5.80. The fraction of sp³-hybridized carbons (Fsp3) is 0.185. The zero-order valence-corrected chi connectivity index (χ0v) is 21.7. The molecule has 4 aromatic rings. The highest BCUT2D eigenvalue weighted by atomic mass is 35.5. The summed E-state index contributed by atoms with van der Waals surface area (Å²) in [5.41, 5.74) is 4.49. The summed E-state index contributed by atoms with van der Waals surface area (Å²) in [7, 11) is 0. The monoisotopic (exact) mass is 525 g/mol. The van der Waals surface area contributed by atoms with Gasteiger partial charge in [-0.25, -0.2) is 0 Å². The zero-order valence-electron chi connectivity index (χ0n) is 19.4. The number of aromatic nitrogens is 1. The van der Waals surface area contributed by atoms with Crippen LogP contribution < -0.4 is 10.6 Å². The van der Waals surface area contributed by atoms with Crippen molar-refractivity contribution >= 4 is 63.4 Å². The normalized spacial score (nSPS) is 11.0. The van der Waals surface area contributed by atoms with Crippen molar-refractivity contribution in [3.63, 3.8) is 0 Å². The van der Waals surface area contributed by atoms with Crippen LogP contribution in [0.2, 0.25) is 10.0 Å². The van der Waals surface area contributed by atoms with Crippen molar-refractivity contribution in [3.8, 4) is 0 Å². The topological polar surface area (TPSA) is 63.1 Å². The molecule has 0 saturated heterocycles. The van der Waals surface area contributed by atoms with Crippen LogP contribution in [0, 0.1) is 13.8 Å². The molecule has 0 saturated carbocycles. The standard InChI is InChI=1S/C27H25Cl2N3O2S/c1-17-6-5-8-23(18(17)2)31-26(33)16-35-25-15-32(24-9-4-3-7-21(24)25)13-12-30-27(34)20-11-10-19(28)14-22(20)29/h3-11,14-15H,12-13,16H2,1-2H3,(H,30,34)(H,31,33). The average Bonchev–Trinajstić information content (AvgIpc) is 3.18. The molecule has 0 atom stereocenters. The Hall–Kier alpha value is -2.93. The molecule has 0 aliphatic carbocycles. The van der Waals surface area contributed by atoms with Crippen LogP contribution in [0.15, 0.2) is 71.8 Å². The number of nitrogens with zero attached hydrogens (tertiary/aromatic N) is 1. The first kappa shape index (κ1) is 25.2. The summed E-state index contributed by atoms with van der Waals surface area (Å²) in [5, 5.41) is 7.80. The van der Waals surface area contributed by atoms with Gasteiger partial charge in [0.15, 0.2) is 0 Å². The smallest absolute Gasteiger partial charge is 0.252 e. The van der Waals surface area contributed by atoms with Crippen molar-refractivity contribution in [1.29, 1.82) is 0 Å². The molecule has 0 unspecified atom stereocenters. The summed E-state index contributed by atoms with van der Waals surface area (Å²) in [6.07, 6.45) is 2.03. The number of anilines is 1. The van der Waals surface area contributed by atoms with Gasteiger partial charge in [0, 0.05) is 45.8 Å². The van der Waals surface area contributed by atoms with Crippen molar-refractivity contribution in [2.75, 3.05) is 17.6 Å². The molecule has 0 spiro atoms. The van der Waals surface area contributed by atoms with Crippen LogP contribution in [0.3, 0.4) is 0 Å². The molecule has 35 heavy (non-hydrogen) atoms. The van der Waals surface area contributed by atoms with Crippen LogP contribution >= 0.6 is 35.0 Å². The third-order valence-corrected chi connectivity index (χ3v) is 7.39. The van der Waals surface area contributed by atoms with Crippen molar-refractivity contribution in [2.45, 2.75) is 25.3 Å². The van der Waals surface area contributed by atoms with E-state index < -0.39 is 0 Å². The maximum absolute atomic E-state index is 12.6. The molecule has 0 bridgehead atoms. The number of nitrogens with one attached hydrogen (secondary N) is 2. The van der Waals surface area contributed by atoms with Crippen LogP contribution in [0.5, 0.6) is 0 Å². The van der Waals surface area contributed by atoms with Crippen molar-refractivity contribution in [2.24, 2.45) is 0 Å². The van der Waals surface area contributed by atoms with E-state index in [1.54, 1.807) is 18.2 Å². The minimum Gasteiger partial charge on any atom is -0.350 e. The van der Waals surface area contributed by atoms with Gasteiger partial charge < -0.3 is 15.2 Å². The molecule has 5 nitrogen and oxygen atoms in total. The maximum Gasteiger partial charge on any atom is 0.252 e. The van der Waals surface area contributed by atoms with E-state index >= 15 is 0 Å². The Balaban J connectivity index is 1.40. The second kappa shape index (κ2) is 11.2. The van der Waals surface area contributed by atoms with Gasteiger partial charge >= 0.3 is 0 Å². The van der Waals surface area contributed by atoms with E-state index in [-0.39, 0.29) is 11.8 Å². The summed E-state index contributed by atoms with van der Waals surface area (Å²) < 4.78 is 2.09. The number of thioether (sulfide) groups is 1. The van der Waals surface area contributed by atoms with Gasteiger partial charge in [-0.05, 0) is 55.3 Å². The summed E-state index contributed by atoms with van der Waals surface area (Å²) in [5.74, 6) is 0.00110. The lowest BCUT2D eigenvalue weighted by Gasteiger charge is -2.10. The molecular weight excluding hydrogens is 501 g/mol. The Bertz CT molecular complexity index is 1400. The molecule has 180 valence electrons. The minimum atomic E-state index is -0.249. The van der Waals surface area contributed by atoms with Gasteiger partial charge in [0.1, 0.15) is 0 Å². The van der Waals surface area contributed by atoms with Gasteiger partial charge in [-0.3, -0.25) is 9.59 Å². The fourth-order valence-electron chi connectivity index (χ4n) is 3.79. The Labute approximate surface area is 218 Å². The van der Waals surface area contributed by atoms with E-state index in [4.69, 9.17) is 23.2 Å². The minimum absolute atomic E-state index is 0.0485. The number of amides is 2. The van der Waals surface area contributed by atoms with Crippen LogP contribution in [-0.2, 0) is 11.3 Å². The molecule has 2 N–H and O–H groups in total. The van der Waals surface area contributed by atoms with E-state index in [1.807, 2.05) is 62.5 Å². The highest BCUT2D eigenvalue weighted by Gasteiger charge is 2.13. The Morgan fingerprint density at radius 2 is 1.80 bits per heavy atom. The summed E-state index contributed by atoms with van der Waals surface area (Å²) in [4.78, 5) is 26.1. The number of hydrogen-bond donors (Lipinski definition) is 2. The van der Waals surface area contributed by atoms with Crippen LogP contribution in [0.4, 0.5) is 5.69 Å². The van der Waals surface area contributed by atoms with E-state index in [1.165, 1.54) is 11.8 Å².